The van der Waals surface area contributed by atoms with Crippen LogP contribution in [0.25, 0.3) is 53.8 Å². The highest BCUT2D eigenvalue weighted by molar-refractivity contribution is 7.22. The van der Waals surface area contributed by atoms with Crippen LogP contribution >= 0.6 is 11.3 Å². The molecule has 3 aliphatic heterocycles. The molecule has 0 unspecified atom stereocenters. The lowest BCUT2D eigenvalue weighted by atomic mass is 9.84. The molecule has 2 N–H and O–H groups in total. The maximum atomic E-state index is 12.7. The number of aromatic nitrogens is 7. The fourth-order valence-electron chi connectivity index (χ4n) is 12.6. The van der Waals surface area contributed by atoms with Crippen molar-refractivity contribution >= 4 is 70.3 Å². The van der Waals surface area contributed by atoms with Crippen molar-refractivity contribution in [1.29, 1.82) is 0 Å². The van der Waals surface area contributed by atoms with Crippen LogP contribution in [0.2, 0.25) is 0 Å². The molecule has 0 aliphatic carbocycles. The predicted octanol–water partition coefficient (Wildman–Crippen LogP) is 25.0. The highest BCUT2D eigenvalue weighted by atomic mass is 32.1. The molecule has 0 saturated carbocycles. The molecule has 0 spiro atoms. The maximum absolute atomic E-state index is 12.7. The normalized spacial score (nSPS) is 13.5. The molecular formula is C95H116F2N8O5S. The molecule has 0 radical (unpaired) electrons. The summed E-state index contributed by atoms with van der Waals surface area (Å²) in [5.41, 5.74) is 23.7. The summed E-state index contributed by atoms with van der Waals surface area (Å²) in [6, 6.07) is 55.5. The number of rotatable bonds is 0. The first kappa shape index (κ1) is 85.0. The fraction of sp³-hybridized carbons (Fsp3) is 0.389. The quantitative estimate of drug-likeness (QED) is 0.154. The van der Waals surface area contributed by atoms with Gasteiger partial charge in [-0.1, -0.05) is 269 Å². The molecule has 0 bridgehead atoms. The van der Waals surface area contributed by atoms with Gasteiger partial charge in [0, 0.05) is 66.8 Å². The largest absolute Gasteiger partial charge is 0.586 e. The molecule has 8 heterocycles. The number of nitrogens with zero attached hydrogens (tertiary/aromatic N) is 7. The Morgan fingerprint density at radius 2 is 0.892 bits per heavy atom. The standard InChI is InChI=1S/2C13H15N.C12H16N2.C12H14N2.C12H16O.C11H12F2O2.C11H14N2S.C11H14O2/c1-13(2,3)11-7-4-8-12-10(11)6-5-9-14-12;1-13(2,3)12-6-4-5-10-9-14-8-7-11(10)12;1-12(2,3)10-7-5-6-9-8-14(4)13-11(9)10;1-12(2,3)9-4-5-10-11(8-9)14-7-6-13-10;1-12(2,3)10-4-5-11-9(8-10)6-7-13-11;1-10(2,3)7-4-5-8-9(6-7)15-11(12,13)14-8;1-11(2,3)7-4-5-8-9(6-7)14-10(12)13-8;1-11(2,3)8-4-5-9-10(6-8)13-7-12-9/h2*4-9H,1-3H3;5-8H,1-4H3;4-8H,1-3H3;4-5,8H,6-7H2,1-3H3;4-6H,1-3H3;4-6H,1-3H3,(H2,12,13);4-6H,7H2,1-3H3. The number of halogens is 2. The van der Waals surface area contributed by atoms with Crippen LogP contribution in [0.4, 0.5) is 13.9 Å². The van der Waals surface area contributed by atoms with Crippen molar-refractivity contribution in [2.24, 2.45) is 7.05 Å². The first-order valence-corrected chi connectivity index (χ1v) is 39.0. The number of pyridine rings is 2. The van der Waals surface area contributed by atoms with Gasteiger partial charge in [-0.3, -0.25) is 24.6 Å². The lowest BCUT2D eigenvalue weighted by Crippen LogP contribution is -2.25. The molecule has 13 aromatic rings. The van der Waals surface area contributed by atoms with E-state index in [1.807, 2.05) is 75.4 Å². The molecule has 13 nitrogen and oxygen atoms in total. The molecule has 5 aromatic heterocycles. The molecule has 111 heavy (non-hydrogen) atoms. The number of alkyl halides is 2. The summed E-state index contributed by atoms with van der Waals surface area (Å²) in [6.07, 6.45) is 8.67. The Kier molecular flexibility index (Phi) is 25.9. The van der Waals surface area contributed by atoms with Crippen LogP contribution in [0.1, 0.15) is 216 Å². The van der Waals surface area contributed by atoms with E-state index in [0.717, 1.165) is 63.4 Å². The van der Waals surface area contributed by atoms with E-state index in [0.29, 0.717) is 11.9 Å². The third-order valence-electron chi connectivity index (χ3n) is 19.1. The Hall–Kier alpha value is -10.1. The minimum absolute atomic E-state index is 0.0907. The van der Waals surface area contributed by atoms with Crippen molar-refractivity contribution in [1.82, 2.24) is 34.7 Å². The number of ether oxygens (including phenoxy) is 5. The highest BCUT2D eigenvalue weighted by Crippen LogP contribution is 2.44. The number of anilines is 1. The SMILES string of the molecule is CC(C)(C)c1ccc2c(c1)CCO2.CC(C)(C)c1ccc2c(c1)OC(F)(F)O2.CC(C)(C)c1ccc2c(c1)OCO2.CC(C)(C)c1ccc2nc(N)sc2c1.CC(C)(C)c1ccc2nccnc2c1.CC(C)(C)c1cccc2cnccc12.CC(C)(C)c1cccc2ncccc12.Cn1cc2cccc(C(C)(C)C)c2n1. The summed E-state index contributed by atoms with van der Waals surface area (Å²) in [5, 5.41) is 10.2. The first-order valence-electron chi connectivity index (χ1n) is 38.2. The fourth-order valence-corrected chi connectivity index (χ4v) is 13.3. The van der Waals surface area contributed by atoms with Crippen LogP contribution in [0, 0.1) is 0 Å². The third-order valence-corrected chi connectivity index (χ3v) is 19.9. The molecule has 0 amide bonds. The second-order valence-corrected chi connectivity index (χ2v) is 37.7. The van der Waals surface area contributed by atoms with Gasteiger partial charge in [-0.15, -0.1) is 8.78 Å². The van der Waals surface area contributed by atoms with Crippen LogP contribution in [-0.4, -0.2) is 54.4 Å². The maximum Gasteiger partial charge on any atom is 0.586 e. The second kappa shape index (κ2) is 33.9. The van der Waals surface area contributed by atoms with Crippen LogP contribution in [-0.2, 0) is 56.8 Å². The zero-order valence-corrected chi connectivity index (χ0v) is 70.9. The Bertz CT molecular complexity index is 5140. The summed E-state index contributed by atoms with van der Waals surface area (Å²) < 4.78 is 53.2. The Morgan fingerprint density at radius 1 is 0.405 bits per heavy atom. The van der Waals surface area contributed by atoms with Crippen LogP contribution in [0.15, 0.2) is 201 Å². The van der Waals surface area contributed by atoms with E-state index < -0.39 is 6.29 Å². The van der Waals surface area contributed by atoms with E-state index in [1.54, 1.807) is 35.9 Å². The van der Waals surface area contributed by atoms with Crippen molar-refractivity contribution in [3.63, 3.8) is 0 Å². The van der Waals surface area contributed by atoms with Gasteiger partial charge in [-0.2, -0.15) is 5.10 Å². The van der Waals surface area contributed by atoms with E-state index >= 15 is 0 Å². The topological polar surface area (TPSA) is 154 Å². The number of aryl methyl sites for hydroxylation is 1. The molecule has 16 heteroatoms. The number of benzene rings is 8. The van der Waals surface area contributed by atoms with Crippen molar-refractivity contribution in [3.05, 3.63) is 251 Å². The monoisotopic (exact) mass is 1520 g/mol. The average Bonchev–Trinajstić information content (AvgIpc) is 1.74. The second-order valence-electron chi connectivity index (χ2n) is 36.6. The Labute approximate surface area is 661 Å². The van der Waals surface area contributed by atoms with Gasteiger partial charge in [0.15, 0.2) is 28.1 Å². The van der Waals surface area contributed by atoms with Crippen molar-refractivity contribution in [2.75, 3.05) is 19.1 Å². The summed E-state index contributed by atoms with van der Waals surface area (Å²) in [4.78, 5) is 21.3. The van der Waals surface area contributed by atoms with E-state index in [9.17, 15) is 8.78 Å². The number of nitrogen functional groups attached to an aromatic ring is 1. The minimum atomic E-state index is -3.53. The Morgan fingerprint density at radius 3 is 1.50 bits per heavy atom. The summed E-state index contributed by atoms with van der Waals surface area (Å²) in [6.45, 7) is 53.8. The predicted molar refractivity (Wildman–Crippen MR) is 458 cm³/mol. The number of hydrogen-bond acceptors (Lipinski definition) is 13. The van der Waals surface area contributed by atoms with E-state index in [1.165, 1.54) is 76.8 Å². The number of nitrogens with two attached hydrogens (primary N) is 1. The van der Waals surface area contributed by atoms with Gasteiger partial charge >= 0.3 is 6.29 Å². The van der Waals surface area contributed by atoms with Gasteiger partial charge in [0.2, 0.25) is 6.79 Å². The van der Waals surface area contributed by atoms with Crippen LogP contribution in [0.3, 0.4) is 0 Å². The van der Waals surface area contributed by atoms with Crippen molar-refractivity contribution < 1.29 is 32.5 Å². The van der Waals surface area contributed by atoms with Crippen LogP contribution < -0.4 is 29.4 Å². The lowest BCUT2D eigenvalue weighted by molar-refractivity contribution is -0.286. The van der Waals surface area contributed by atoms with E-state index in [2.05, 4.69) is 312 Å². The molecule has 3 aliphatic rings. The van der Waals surface area contributed by atoms with Crippen molar-refractivity contribution in [2.45, 2.75) is 222 Å². The summed E-state index contributed by atoms with van der Waals surface area (Å²) in [5.74, 6) is 2.99. The summed E-state index contributed by atoms with van der Waals surface area (Å²) >= 11 is 1.55. The molecule has 0 saturated heterocycles. The van der Waals surface area contributed by atoms with Gasteiger partial charge in [0.25, 0.3) is 0 Å². The molecule has 8 aromatic carbocycles. The highest BCUT2D eigenvalue weighted by Gasteiger charge is 2.44. The van der Waals surface area contributed by atoms with Crippen LogP contribution in [0.5, 0.6) is 28.7 Å². The smallest absolute Gasteiger partial charge is 0.493 e. The van der Waals surface area contributed by atoms with Gasteiger partial charge in [-0.05, 0) is 172 Å². The number of thiazole rings is 1. The van der Waals surface area contributed by atoms with Gasteiger partial charge < -0.3 is 29.4 Å². The molecule has 0 fully saturated rings. The first-order chi connectivity index (χ1) is 51.6. The third kappa shape index (κ3) is 23.0. The van der Waals surface area contributed by atoms with Gasteiger partial charge in [0.05, 0.1) is 38.9 Å². The zero-order chi connectivity index (χ0) is 81.5. The van der Waals surface area contributed by atoms with E-state index in [4.69, 9.17) is 19.9 Å². The molecule has 0 atom stereocenters. The zero-order valence-electron chi connectivity index (χ0n) is 70.1. The molecular weight excluding hydrogens is 1400 g/mol. The Balaban J connectivity index is 0.000000146. The number of fused-ring (bicyclic) bond motifs is 8. The number of hydrogen-bond donors (Lipinski definition) is 1. The van der Waals surface area contributed by atoms with Crippen molar-refractivity contribution in [3.8, 4) is 28.7 Å². The van der Waals surface area contributed by atoms with E-state index in [-0.39, 0.29) is 54.8 Å². The van der Waals surface area contributed by atoms with Gasteiger partial charge in [0.1, 0.15) is 5.75 Å². The van der Waals surface area contributed by atoms with Gasteiger partial charge in [-0.25, -0.2) is 4.98 Å². The minimum Gasteiger partial charge on any atom is -0.493 e. The molecule has 16 rings (SSSR count). The summed E-state index contributed by atoms with van der Waals surface area (Å²) in [7, 11) is 1.96. The molecule has 586 valence electrons. The lowest BCUT2D eigenvalue weighted by Gasteiger charge is -2.20. The average molecular weight is 1520 g/mol.